The zero-order chi connectivity index (χ0) is 18.4. The highest BCUT2D eigenvalue weighted by Gasteiger charge is 2.39. The fraction of sp³-hybridized carbons (Fsp3) is 0.0400. The van der Waals surface area contributed by atoms with Crippen LogP contribution in [0.3, 0.4) is 0 Å². The first-order valence-corrected chi connectivity index (χ1v) is 11.3. The van der Waals surface area contributed by atoms with Gasteiger partial charge in [-0.15, -0.1) is 0 Å². The van der Waals surface area contributed by atoms with Gasteiger partial charge in [0.1, 0.15) is 0 Å². The van der Waals surface area contributed by atoms with Gasteiger partial charge in [0, 0.05) is 6.54 Å². The number of hydrogen-bond donors (Lipinski definition) is 1. The van der Waals surface area contributed by atoms with Gasteiger partial charge < -0.3 is 4.98 Å². The van der Waals surface area contributed by atoms with E-state index in [1.807, 2.05) is 0 Å². The van der Waals surface area contributed by atoms with Crippen molar-refractivity contribution >= 4 is 23.8 Å². The molecule has 2 heteroatoms. The van der Waals surface area contributed by atoms with Gasteiger partial charge >= 0.3 is 0 Å². The summed E-state index contributed by atoms with van der Waals surface area (Å²) in [5, 5.41) is 4.12. The summed E-state index contributed by atoms with van der Waals surface area (Å²) in [6.45, 7) is 0.839. The van der Waals surface area contributed by atoms with E-state index in [0.29, 0.717) is 0 Å². The first-order valence-electron chi connectivity index (χ1n) is 9.35. The topological polar surface area (TPSA) is 12.0 Å². The third-order valence-electron chi connectivity index (χ3n) is 5.02. The van der Waals surface area contributed by atoms with Crippen LogP contribution in [0.25, 0.3) is 0 Å². The van der Waals surface area contributed by atoms with Crippen LogP contribution >= 0.6 is 0 Å². The smallest absolute Gasteiger partial charge is 0.222 e. The van der Waals surface area contributed by atoms with Gasteiger partial charge in [-0.2, -0.15) is 0 Å². The van der Waals surface area contributed by atoms with E-state index in [1.165, 1.54) is 21.1 Å². The van der Waals surface area contributed by atoms with E-state index in [4.69, 9.17) is 0 Å². The first kappa shape index (κ1) is 17.5. The average molecular weight is 366 g/mol. The number of nitrogens with one attached hydrogen (secondary N) is 1. The summed E-state index contributed by atoms with van der Waals surface area (Å²) in [6, 6.07) is 43.4. The number of benzene rings is 4. The van der Waals surface area contributed by atoms with Gasteiger partial charge in [0.25, 0.3) is 0 Å². The van der Waals surface area contributed by atoms with Crippen LogP contribution in [0.5, 0.6) is 0 Å². The summed E-state index contributed by atoms with van der Waals surface area (Å²) in [4.78, 5) is 4.04. The maximum Gasteiger partial charge on any atom is 0.222 e. The molecule has 0 saturated heterocycles. The zero-order valence-electron chi connectivity index (χ0n) is 15.3. The maximum absolute atomic E-state index is 4.04. The van der Waals surface area contributed by atoms with Crippen molar-refractivity contribution in [2.24, 2.45) is 0 Å². The second-order valence-electron chi connectivity index (χ2n) is 6.69. The lowest BCUT2D eigenvalue weighted by atomic mass is 10.2. The molecule has 1 N–H and O–H groups in total. The standard InChI is InChI=1S/C25H23NSi/c1-5-13-22(14-6-1)21-26-27(23-15-7-2-8-16-23,24-17-9-3-10-18-24)25-19-11-4-12-20-25/h1-20,26H,21H2. The van der Waals surface area contributed by atoms with Crippen molar-refractivity contribution in [3.05, 3.63) is 127 Å². The normalized spacial score (nSPS) is 11.3. The summed E-state index contributed by atoms with van der Waals surface area (Å²) >= 11 is 0. The lowest BCUT2D eigenvalue weighted by Crippen LogP contribution is -2.76. The predicted octanol–water partition coefficient (Wildman–Crippen LogP) is 3.44. The Morgan fingerprint density at radius 3 is 1.15 bits per heavy atom. The van der Waals surface area contributed by atoms with Crippen LogP contribution in [0.15, 0.2) is 121 Å². The van der Waals surface area contributed by atoms with E-state index in [9.17, 15) is 0 Å². The molecule has 4 rings (SSSR count). The highest BCUT2D eigenvalue weighted by Crippen LogP contribution is 2.07. The molecule has 4 aromatic carbocycles. The van der Waals surface area contributed by atoms with E-state index in [0.717, 1.165) is 6.54 Å². The molecule has 0 fully saturated rings. The van der Waals surface area contributed by atoms with Crippen LogP contribution in [0, 0.1) is 0 Å². The Labute approximate surface area is 162 Å². The molecular formula is C25H23NSi. The van der Waals surface area contributed by atoms with E-state index >= 15 is 0 Å². The van der Waals surface area contributed by atoms with Gasteiger partial charge in [-0.05, 0) is 21.1 Å². The summed E-state index contributed by atoms with van der Waals surface area (Å²) < 4.78 is 0. The van der Waals surface area contributed by atoms with Crippen LogP contribution < -0.4 is 20.5 Å². The maximum atomic E-state index is 4.04. The van der Waals surface area contributed by atoms with Crippen molar-refractivity contribution in [1.82, 2.24) is 4.98 Å². The highest BCUT2D eigenvalue weighted by atomic mass is 28.3. The molecule has 0 aromatic heterocycles. The minimum atomic E-state index is -2.36. The fourth-order valence-electron chi connectivity index (χ4n) is 3.70. The van der Waals surface area contributed by atoms with Gasteiger partial charge in [-0.25, -0.2) is 0 Å². The molecule has 0 bridgehead atoms. The second-order valence-corrected chi connectivity index (χ2v) is 10.3. The minimum Gasteiger partial charge on any atom is -0.323 e. The van der Waals surface area contributed by atoms with Crippen molar-refractivity contribution in [2.45, 2.75) is 6.54 Å². The molecular weight excluding hydrogens is 342 g/mol. The second kappa shape index (κ2) is 8.17. The van der Waals surface area contributed by atoms with Crippen LogP contribution in [0.4, 0.5) is 0 Å². The molecule has 0 saturated carbocycles. The molecule has 0 amide bonds. The highest BCUT2D eigenvalue weighted by molar-refractivity contribution is 7.09. The lowest BCUT2D eigenvalue weighted by molar-refractivity contribution is 0.933. The van der Waals surface area contributed by atoms with E-state index in [1.54, 1.807) is 0 Å². The van der Waals surface area contributed by atoms with Crippen LogP contribution in [0.1, 0.15) is 5.56 Å². The van der Waals surface area contributed by atoms with Crippen molar-refractivity contribution in [3.63, 3.8) is 0 Å². The van der Waals surface area contributed by atoms with Gasteiger partial charge in [-0.1, -0.05) is 121 Å². The van der Waals surface area contributed by atoms with Crippen molar-refractivity contribution in [2.75, 3.05) is 0 Å². The molecule has 4 aromatic rings. The van der Waals surface area contributed by atoms with Crippen LogP contribution in [-0.2, 0) is 6.54 Å². The van der Waals surface area contributed by atoms with Gasteiger partial charge in [0.05, 0.1) is 0 Å². The predicted molar refractivity (Wildman–Crippen MR) is 117 cm³/mol. The van der Waals surface area contributed by atoms with Gasteiger partial charge in [-0.3, -0.25) is 0 Å². The van der Waals surface area contributed by atoms with Crippen LogP contribution in [-0.4, -0.2) is 8.24 Å². The molecule has 0 aliphatic rings. The Bertz CT molecular complexity index is 857. The SMILES string of the molecule is c1ccc(CN[Si](c2ccccc2)(c2ccccc2)c2ccccc2)cc1. The summed E-state index contributed by atoms with van der Waals surface area (Å²) in [6.07, 6.45) is 0. The number of hydrogen-bond acceptors (Lipinski definition) is 1. The summed E-state index contributed by atoms with van der Waals surface area (Å²) in [5.74, 6) is 0. The minimum absolute atomic E-state index is 0.839. The van der Waals surface area contributed by atoms with Crippen molar-refractivity contribution in [1.29, 1.82) is 0 Å². The lowest BCUT2D eigenvalue weighted by Gasteiger charge is -2.34. The molecule has 1 nitrogen and oxygen atoms in total. The fourth-order valence-corrected chi connectivity index (χ4v) is 7.86. The van der Waals surface area contributed by atoms with Crippen molar-refractivity contribution < 1.29 is 0 Å². The Morgan fingerprint density at radius 1 is 0.444 bits per heavy atom. The summed E-state index contributed by atoms with van der Waals surface area (Å²) in [5.41, 5.74) is 1.30. The van der Waals surface area contributed by atoms with E-state index in [2.05, 4.69) is 126 Å². The average Bonchev–Trinajstić information content (AvgIpc) is 2.77. The molecule has 0 aliphatic carbocycles. The Hall–Kier alpha value is -2.94. The third-order valence-corrected chi connectivity index (χ3v) is 9.33. The molecule has 0 atom stereocenters. The van der Waals surface area contributed by atoms with Crippen molar-refractivity contribution in [3.8, 4) is 0 Å². The van der Waals surface area contributed by atoms with Crippen LogP contribution in [0.2, 0.25) is 0 Å². The molecule has 0 aliphatic heterocycles. The monoisotopic (exact) mass is 365 g/mol. The molecule has 0 heterocycles. The van der Waals surface area contributed by atoms with Gasteiger partial charge in [0.15, 0.2) is 0 Å². The molecule has 132 valence electrons. The Morgan fingerprint density at radius 2 is 0.778 bits per heavy atom. The van der Waals surface area contributed by atoms with E-state index < -0.39 is 8.24 Å². The Kier molecular flexibility index (Phi) is 5.29. The number of rotatable bonds is 6. The summed E-state index contributed by atoms with van der Waals surface area (Å²) in [7, 11) is -2.36. The quantitative estimate of drug-likeness (QED) is 0.408. The first-order chi connectivity index (χ1) is 13.4. The largest absolute Gasteiger partial charge is 0.323 e. The Balaban J connectivity index is 1.89. The molecule has 0 spiro atoms. The zero-order valence-corrected chi connectivity index (χ0v) is 16.3. The third kappa shape index (κ3) is 3.63. The van der Waals surface area contributed by atoms with E-state index in [-0.39, 0.29) is 0 Å². The molecule has 0 unspecified atom stereocenters. The molecule has 27 heavy (non-hydrogen) atoms. The molecule has 0 radical (unpaired) electrons. The van der Waals surface area contributed by atoms with Gasteiger partial charge in [0.2, 0.25) is 8.24 Å².